The molecule has 0 aliphatic carbocycles. The lowest BCUT2D eigenvalue weighted by atomic mass is 9.89. The number of carboxylic acid groups (broad SMARTS) is 1. The van der Waals surface area contributed by atoms with Crippen LogP contribution in [0.15, 0.2) is 42.5 Å². The molecule has 2 aromatic carbocycles. The predicted octanol–water partition coefficient (Wildman–Crippen LogP) is 3.94. The van der Waals surface area contributed by atoms with Crippen molar-refractivity contribution in [2.75, 3.05) is 6.61 Å². The van der Waals surface area contributed by atoms with Crippen LogP contribution in [0.2, 0.25) is 0 Å². The van der Waals surface area contributed by atoms with E-state index in [-0.39, 0.29) is 12.2 Å². The van der Waals surface area contributed by atoms with Gasteiger partial charge < -0.3 is 9.84 Å². The Kier molecular flexibility index (Phi) is 5.15. The van der Waals surface area contributed by atoms with E-state index in [2.05, 4.69) is 0 Å². The van der Waals surface area contributed by atoms with E-state index in [0.717, 1.165) is 5.56 Å². The van der Waals surface area contributed by atoms with E-state index in [0.29, 0.717) is 23.5 Å². The molecule has 2 rings (SSSR count). The van der Waals surface area contributed by atoms with Crippen LogP contribution in [0.5, 0.6) is 5.75 Å². The van der Waals surface area contributed by atoms with Crippen molar-refractivity contribution in [1.29, 1.82) is 0 Å². The Labute approximate surface area is 129 Å². The van der Waals surface area contributed by atoms with Crippen LogP contribution in [0, 0.1) is 12.7 Å². The number of benzene rings is 2. The van der Waals surface area contributed by atoms with Gasteiger partial charge in [-0.25, -0.2) is 4.39 Å². The van der Waals surface area contributed by atoms with Gasteiger partial charge in [-0.15, -0.1) is 0 Å². The van der Waals surface area contributed by atoms with Gasteiger partial charge in [0.1, 0.15) is 11.6 Å². The Morgan fingerprint density at radius 2 is 2.00 bits per heavy atom. The van der Waals surface area contributed by atoms with Crippen LogP contribution >= 0.6 is 0 Å². The van der Waals surface area contributed by atoms with Gasteiger partial charge in [-0.2, -0.15) is 0 Å². The van der Waals surface area contributed by atoms with Gasteiger partial charge in [0.25, 0.3) is 0 Å². The first-order valence-electron chi connectivity index (χ1n) is 7.22. The summed E-state index contributed by atoms with van der Waals surface area (Å²) >= 11 is 0. The number of hydrogen-bond acceptors (Lipinski definition) is 2. The van der Waals surface area contributed by atoms with Gasteiger partial charge in [0.15, 0.2) is 0 Å². The van der Waals surface area contributed by atoms with Crippen molar-refractivity contribution in [3.8, 4) is 5.75 Å². The summed E-state index contributed by atoms with van der Waals surface area (Å²) in [6, 6.07) is 11.6. The van der Waals surface area contributed by atoms with Gasteiger partial charge in [-0.05, 0) is 55.2 Å². The summed E-state index contributed by atoms with van der Waals surface area (Å²) in [7, 11) is 0. The van der Waals surface area contributed by atoms with Crippen molar-refractivity contribution in [3.05, 3.63) is 65.0 Å². The molecule has 0 aromatic heterocycles. The summed E-state index contributed by atoms with van der Waals surface area (Å²) in [4.78, 5) is 11.6. The molecule has 116 valence electrons. The molecule has 0 fully saturated rings. The largest absolute Gasteiger partial charge is 0.494 e. The molecule has 22 heavy (non-hydrogen) atoms. The summed E-state index contributed by atoms with van der Waals surface area (Å²) in [5, 5.41) is 9.52. The first-order chi connectivity index (χ1) is 10.5. The van der Waals surface area contributed by atoms with Crippen LogP contribution in [-0.4, -0.2) is 17.7 Å². The highest BCUT2D eigenvalue weighted by atomic mass is 19.1. The number of aliphatic carboxylic acids is 1. The molecule has 0 heterocycles. The van der Waals surface area contributed by atoms with Crippen LogP contribution in [0.25, 0.3) is 0 Å². The van der Waals surface area contributed by atoms with E-state index < -0.39 is 11.9 Å². The van der Waals surface area contributed by atoms with Gasteiger partial charge in [0.05, 0.1) is 12.5 Å². The van der Waals surface area contributed by atoms with Crippen LogP contribution < -0.4 is 4.74 Å². The molecule has 4 heteroatoms. The Morgan fingerprint density at radius 1 is 1.27 bits per heavy atom. The number of carbonyl (C=O) groups is 1. The number of ether oxygens (including phenoxy) is 1. The molecule has 2 aromatic rings. The maximum Gasteiger partial charge on any atom is 0.311 e. The molecule has 0 amide bonds. The molecule has 0 aliphatic rings. The Morgan fingerprint density at radius 3 is 2.59 bits per heavy atom. The van der Waals surface area contributed by atoms with Gasteiger partial charge >= 0.3 is 5.97 Å². The molecule has 0 spiro atoms. The highest BCUT2D eigenvalue weighted by molar-refractivity contribution is 5.77. The van der Waals surface area contributed by atoms with Gasteiger partial charge in [-0.3, -0.25) is 4.79 Å². The van der Waals surface area contributed by atoms with E-state index in [1.54, 1.807) is 30.3 Å². The fourth-order valence-electron chi connectivity index (χ4n) is 2.51. The summed E-state index contributed by atoms with van der Waals surface area (Å²) < 4.78 is 19.2. The number of carboxylic acids is 1. The van der Waals surface area contributed by atoms with E-state index in [1.807, 2.05) is 19.9 Å². The maximum absolute atomic E-state index is 13.8. The normalized spacial score (nSPS) is 12.0. The number of hydrogen-bond donors (Lipinski definition) is 1. The molecule has 0 aliphatic heterocycles. The summed E-state index contributed by atoms with van der Waals surface area (Å²) in [5.74, 6) is -1.42. The van der Waals surface area contributed by atoms with E-state index >= 15 is 0 Å². The monoisotopic (exact) mass is 302 g/mol. The molecule has 0 radical (unpaired) electrons. The average molecular weight is 302 g/mol. The highest BCUT2D eigenvalue weighted by Crippen LogP contribution is 2.28. The van der Waals surface area contributed by atoms with Crippen LogP contribution in [0.3, 0.4) is 0 Å². The average Bonchev–Trinajstić information content (AvgIpc) is 2.47. The Hall–Kier alpha value is -2.36. The van der Waals surface area contributed by atoms with Crippen molar-refractivity contribution in [2.24, 2.45) is 0 Å². The van der Waals surface area contributed by atoms with E-state index in [4.69, 9.17) is 4.74 Å². The SMILES string of the molecule is CCOc1ccc(C(Cc2ccccc2F)C(=O)O)c(C)c1. The Balaban J connectivity index is 2.32. The van der Waals surface area contributed by atoms with Gasteiger partial charge in [0, 0.05) is 0 Å². The molecule has 1 N–H and O–H groups in total. The smallest absolute Gasteiger partial charge is 0.311 e. The lowest BCUT2D eigenvalue weighted by Crippen LogP contribution is -2.16. The van der Waals surface area contributed by atoms with Gasteiger partial charge in [-0.1, -0.05) is 24.3 Å². The minimum atomic E-state index is -0.962. The number of aryl methyl sites for hydroxylation is 1. The molecule has 3 nitrogen and oxygen atoms in total. The third-order valence-electron chi connectivity index (χ3n) is 3.61. The number of halogens is 1. The predicted molar refractivity (Wildman–Crippen MR) is 82.8 cm³/mol. The van der Waals surface area contributed by atoms with Crippen molar-refractivity contribution in [1.82, 2.24) is 0 Å². The van der Waals surface area contributed by atoms with E-state index in [1.165, 1.54) is 6.07 Å². The van der Waals surface area contributed by atoms with Crippen LogP contribution in [-0.2, 0) is 11.2 Å². The molecule has 0 saturated heterocycles. The minimum absolute atomic E-state index is 0.122. The zero-order chi connectivity index (χ0) is 16.1. The first kappa shape index (κ1) is 16.0. The second-order valence-electron chi connectivity index (χ2n) is 5.14. The van der Waals surface area contributed by atoms with Crippen molar-refractivity contribution in [3.63, 3.8) is 0 Å². The first-order valence-corrected chi connectivity index (χ1v) is 7.22. The topological polar surface area (TPSA) is 46.5 Å². The fourth-order valence-corrected chi connectivity index (χ4v) is 2.51. The quantitative estimate of drug-likeness (QED) is 0.879. The zero-order valence-electron chi connectivity index (χ0n) is 12.7. The minimum Gasteiger partial charge on any atom is -0.494 e. The Bertz CT molecular complexity index is 667. The standard InChI is InChI=1S/C18H19FO3/c1-3-22-14-8-9-15(12(2)10-14)16(18(20)21)11-13-6-4-5-7-17(13)19/h4-10,16H,3,11H2,1-2H3,(H,20,21). The second-order valence-corrected chi connectivity index (χ2v) is 5.14. The van der Waals surface area contributed by atoms with Gasteiger partial charge in [0.2, 0.25) is 0 Å². The van der Waals surface area contributed by atoms with E-state index in [9.17, 15) is 14.3 Å². The number of rotatable bonds is 6. The van der Waals surface area contributed by atoms with Crippen LogP contribution in [0.4, 0.5) is 4.39 Å². The van der Waals surface area contributed by atoms with Crippen LogP contribution in [0.1, 0.15) is 29.5 Å². The third kappa shape index (κ3) is 3.64. The molecule has 1 unspecified atom stereocenters. The fraction of sp³-hybridized carbons (Fsp3) is 0.278. The van der Waals surface area contributed by atoms with Crippen molar-refractivity contribution < 1.29 is 19.0 Å². The van der Waals surface area contributed by atoms with Crippen molar-refractivity contribution in [2.45, 2.75) is 26.2 Å². The van der Waals surface area contributed by atoms with Crippen molar-refractivity contribution >= 4 is 5.97 Å². The highest BCUT2D eigenvalue weighted by Gasteiger charge is 2.23. The third-order valence-corrected chi connectivity index (χ3v) is 3.61. The molecule has 0 bridgehead atoms. The lowest BCUT2D eigenvalue weighted by Gasteiger charge is -2.17. The summed E-state index contributed by atoms with van der Waals surface area (Å²) in [6.45, 7) is 4.28. The summed E-state index contributed by atoms with van der Waals surface area (Å²) in [6.07, 6.45) is 0.122. The maximum atomic E-state index is 13.8. The molecular formula is C18H19FO3. The lowest BCUT2D eigenvalue weighted by molar-refractivity contribution is -0.138. The molecule has 1 atom stereocenters. The second kappa shape index (κ2) is 7.07. The molecular weight excluding hydrogens is 283 g/mol. The summed E-state index contributed by atoms with van der Waals surface area (Å²) in [5.41, 5.74) is 1.91. The molecule has 0 saturated carbocycles. The zero-order valence-corrected chi connectivity index (χ0v) is 12.7.